The molecule has 0 saturated carbocycles. The lowest BCUT2D eigenvalue weighted by atomic mass is 10.1. The fraction of sp³-hybridized carbons (Fsp3) is 0. The second-order valence-corrected chi connectivity index (χ2v) is 6.89. The Balaban J connectivity index is 1.82. The number of hydrogen-bond donors (Lipinski definition) is 1. The van der Waals surface area contributed by atoms with Crippen molar-refractivity contribution in [2.24, 2.45) is 0 Å². The van der Waals surface area contributed by atoms with E-state index in [1.807, 2.05) is 12.1 Å². The van der Waals surface area contributed by atoms with Crippen molar-refractivity contribution in [1.29, 1.82) is 5.26 Å². The molecule has 1 amide bonds. The molecule has 0 atom stereocenters. The van der Waals surface area contributed by atoms with Crippen molar-refractivity contribution in [3.8, 4) is 17.4 Å². The Morgan fingerprint density at radius 1 is 1.18 bits per heavy atom. The van der Waals surface area contributed by atoms with Crippen molar-refractivity contribution < 1.29 is 14.1 Å². The third kappa shape index (κ3) is 4.63. The predicted molar refractivity (Wildman–Crippen MR) is 112 cm³/mol. The molecule has 2 aromatic carbocycles. The molecule has 3 rings (SSSR count). The lowest BCUT2D eigenvalue weighted by Crippen LogP contribution is -2.13. The van der Waals surface area contributed by atoms with Crippen LogP contribution in [0, 0.1) is 25.0 Å². The van der Waals surface area contributed by atoms with Gasteiger partial charge in [0.1, 0.15) is 23.2 Å². The van der Waals surface area contributed by atoms with Gasteiger partial charge in [-0.2, -0.15) is 5.26 Å². The monoisotopic (exact) mass is 485 g/mol. The number of benzene rings is 2. The van der Waals surface area contributed by atoms with Gasteiger partial charge in [-0.15, -0.1) is 0 Å². The van der Waals surface area contributed by atoms with Gasteiger partial charge in [-0.05, 0) is 52.9 Å². The molecular formula is C20H12IN3O4. The molecule has 0 spiro atoms. The summed E-state index contributed by atoms with van der Waals surface area (Å²) in [5, 5.41) is 22.9. The normalized spacial score (nSPS) is 10.9. The first-order valence-electron chi connectivity index (χ1n) is 7.99. The third-order valence-electron chi connectivity index (χ3n) is 3.70. The van der Waals surface area contributed by atoms with Crippen LogP contribution < -0.4 is 5.32 Å². The maximum Gasteiger partial charge on any atom is 0.270 e. The van der Waals surface area contributed by atoms with E-state index < -0.39 is 10.8 Å². The Hall–Kier alpha value is -3.45. The van der Waals surface area contributed by atoms with E-state index >= 15 is 0 Å². The smallest absolute Gasteiger partial charge is 0.270 e. The third-order valence-corrected chi connectivity index (χ3v) is 4.37. The maximum absolute atomic E-state index is 12.3. The zero-order valence-corrected chi connectivity index (χ0v) is 16.4. The Labute approximate surface area is 173 Å². The van der Waals surface area contributed by atoms with Crippen LogP contribution in [0.2, 0.25) is 0 Å². The number of rotatable bonds is 5. The number of nitro benzene ring substituents is 1. The van der Waals surface area contributed by atoms with Gasteiger partial charge in [0.15, 0.2) is 0 Å². The van der Waals surface area contributed by atoms with Crippen LogP contribution in [0.25, 0.3) is 17.4 Å². The van der Waals surface area contributed by atoms with Gasteiger partial charge in [-0.25, -0.2) is 0 Å². The molecule has 0 aliphatic carbocycles. The summed E-state index contributed by atoms with van der Waals surface area (Å²) in [6.45, 7) is 0. The lowest BCUT2D eigenvalue weighted by molar-refractivity contribution is -0.384. The highest BCUT2D eigenvalue weighted by molar-refractivity contribution is 14.1. The Kier molecular flexibility index (Phi) is 5.86. The van der Waals surface area contributed by atoms with Crippen LogP contribution in [0.15, 0.2) is 70.7 Å². The number of nitrogens with one attached hydrogen (secondary N) is 1. The van der Waals surface area contributed by atoms with Crippen molar-refractivity contribution in [3.63, 3.8) is 0 Å². The fourth-order valence-corrected chi connectivity index (χ4v) is 2.96. The quantitative estimate of drug-likeness (QED) is 0.180. The number of carbonyl (C=O) groups is 1. The highest BCUT2D eigenvalue weighted by Gasteiger charge is 2.13. The fourth-order valence-electron chi connectivity index (χ4n) is 2.41. The molecule has 28 heavy (non-hydrogen) atoms. The number of anilines is 1. The van der Waals surface area contributed by atoms with E-state index in [9.17, 15) is 20.2 Å². The molecule has 0 aliphatic rings. The van der Waals surface area contributed by atoms with Crippen LogP contribution in [0.5, 0.6) is 0 Å². The Morgan fingerprint density at radius 3 is 2.68 bits per heavy atom. The van der Waals surface area contributed by atoms with E-state index in [0.717, 1.165) is 3.57 Å². The van der Waals surface area contributed by atoms with Crippen molar-refractivity contribution in [2.45, 2.75) is 0 Å². The highest BCUT2D eigenvalue weighted by Crippen LogP contribution is 2.26. The summed E-state index contributed by atoms with van der Waals surface area (Å²) in [6.07, 6.45) is 1.32. The molecule has 8 heteroatoms. The summed E-state index contributed by atoms with van der Waals surface area (Å²) in [7, 11) is 0. The van der Waals surface area contributed by atoms with Gasteiger partial charge in [-0.3, -0.25) is 14.9 Å². The number of nitrogens with zero attached hydrogens (tertiary/aromatic N) is 2. The molecule has 7 nitrogen and oxygen atoms in total. The molecular weight excluding hydrogens is 473 g/mol. The van der Waals surface area contributed by atoms with E-state index in [0.29, 0.717) is 17.0 Å². The molecule has 3 aromatic rings. The first-order valence-corrected chi connectivity index (χ1v) is 9.07. The van der Waals surface area contributed by atoms with Crippen LogP contribution in [0.4, 0.5) is 11.4 Å². The minimum atomic E-state index is -0.558. The number of non-ortho nitro benzene ring substituents is 1. The maximum atomic E-state index is 12.3. The van der Waals surface area contributed by atoms with Crippen LogP contribution in [0.1, 0.15) is 5.76 Å². The largest absolute Gasteiger partial charge is 0.457 e. The summed E-state index contributed by atoms with van der Waals surface area (Å²) in [6, 6.07) is 18.3. The van der Waals surface area contributed by atoms with Gasteiger partial charge >= 0.3 is 0 Å². The van der Waals surface area contributed by atoms with Crippen LogP contribution in [-0.4, -0.2) is 10.8 Å². The van der Waals surface area contributed by atoms with Gasteiger partial charge in [0.25, 0.3) is 11.6 Å². The minimum Gasteiger partial charge on any atom is -0.457 e. The van der Waals surface area contributed by atoms with Crippen molar-refractivity contribution >= 4 is 45.9 Å². The molecule has 1 aromatic heterocycles. The molecule has 0 unspecified atom stereocenters. The summed E-state index contributed by atoms with van der Waals surface area (Å²) in [5.74, 6) is 0.124. The Bertz CT molecular complexity index is 1130. The second-order valence-electron chi connectivity index (χ2n) is 5.64. The average Bonchev–Trinajstić information content (AvgIpc) is 3.15. The average molecular weight is 485 g/mol. The lowest BCUT2D eigenvalue weighted by Gasteiger charge is -2.04. The van der Waals surface area contributed by atoms with Crippen LogP contribution in [-0.2, 0) is 4.79 Å². The number of furan rings is 1. The van der Waals surface area contributed by atoms with Gasteiger partial charge in [0.2, 0.25) is 0 Å². The van der Waals surface area contributed by atoms with Crippen molar-refractivity contribution in [1.82, 2.24) is 0 Å². The minimum absolute atomic E-state index is 0.0550. The van der Waals surface area contributed by atoms with Crippen molar-refractivity contribution in [3.05, 3.63) is 85.7 Å². The molecule has 0 bridgehead atoms. The molecule has 1 N–H and O–H groups in total. The number of halogens is 1. The SMILES string of the molecule is N#C/C(=C\c1ccc(-c2cccc([N+](=O)[O-])c2)o1)C(=O)Nc1cccc(I)c1. The molecule has 138 valence electrons. The first kappa shape index (κ1) is 19.3. The van der Waals surface area contributed by atoms with Crippen LogP contribution >= 0.6 is 22.6 Å². The van der Waals surface area contributed by atoms with E-state index in [4.69, 9.17) is 4.42 Å². The summed E-state index contributed by atoms with van der Waals surface area (Å²) in [5.41, 5.74) is 0.921. The van der Waals surface area contributed by atoms with Crippen LogP contribution in [0.3, 0.4) is 0 Å². The molecule has 0 fully saturated rings. The van der Waals surface area contributed by atoms with Gasteiger partial charge < -0.3 is 9.73 Å². The van der Waals surface area contributed by atoms with E-state index in [1.54, 1.807) is 42.5 Å². The van der Waals surface area contributed by atoms with E-state index in [-0.39, 0.29) is 17.0 Å². The zero-order chi connectivity index (χ0) is 20.1. The summed E-state index contributed by atoms with van der Waals surface area (Å²) < 4.78 is 6.57. The second kappa shape index (κ2) is 8.49. The number of carbonyl (C=O) groups excluding carboxylic acids is 1. The zero-order valence-electron chi connectivity index (χ0n) is 14.3. The predicted octanol–water partition coefficient (Wildman–Crippen LogP) is 5.01. The standard InChI is InChI=1S/C20H12IN3O4/c21-15-4-2-5-16(11-15)23-20(25)14(12-22)10-18-7-8-19(28-18)13-3-1-6-17(9-13)24(26)27/h1-11H,(H,23,25)/b14-10+. The molecule has 0 saturated heterocycles. The highest BCUT2D eigenvalue weighted by atomic mass is 127. The molecule has 0 radical (unpaired) electrons. The van der Waals surface area contributed by atoms with Gasteiger partial charge in [0, 0.05) is 33.0 Å². The summed E-state index contributed by atoms with van der Waals surface area (Å²) >= 11 is 2.12. The van der Waals surface area contributed by atoms with Crippen molar-refractivity contribution in [2.75, 3.05) is 5.32 Å². The van der Waals surface area contributed by atoms with E-state index in [1.165, 1.54) is 18.2 Å². The summed E-state index contributed by atoms with van der Waals surface area (Å²) in [4.78, 5) is 22.7. The molecule has 1 heterocycles. The number of nitriles is 1. The van der Waals surface area contributed by atoms with Gasteiger partial charge in [0.05, 0.1) is 4.92 Å². The van der Waals surface area contributed by atoms with Gasteiger partial charge in [-0.1, -0.05) is 18.2 Å². The van der Waals surface area contributed by atoms with E-state index in [2.05, 4.69) is 27.9 Å². The number of hydrogen-bond acceptors (Lipinski definition) is 5. The number of amides is 1. The Morgan fingerprint density at radius 2 is 1.96 bits per heavy atom. The topological polar surface area (TPSA) is 109 Å². The molecule has 0 aliphatic heterocycles. The number of nitro groups is 1. The first-order chi connectivity index (χ1) is 13.5.